The van der Waals surface area contributed by atoms with Gasteiger partial charge in [0.2, 0.25) is 0 Å². The van der Waals surface area contributed by atoms with Crippen LogP contribution in [-0.4, -0.2) is 12.6 Å². The third-order valence-corrected chi connectivity index (χ3v) is 2.13. The van der Waals surface area contributed by atoms with Gasteiger partial charge in [0.25, 0.3) is 0 Å². The zero-order valence-electron chi connectivity index (χ0n) is 9.47. The van der Waals surface area contributed by atoms with Crippen LogP contribution in [0.1, 0.15) is 52.9 Å². The minimum absolute atomic E-state index is 0.545. The molecule has 0 spiro atoms. The maximum Gasteiger partial charge on any atom is 0.0221 e. The standard InChI is InChI=1S/C12H25N/c1-4-6-8-10-12(3)13-11-9-7-5-2/h8,10,12-13H,4-7,9,11H2,1-3H3/b10-8+. The van der Waals surface area contributed by atoms with Crippen molar-refractivity contribution in [1.29, 1.82) is 0 Å². The van der Waals surface area contributed by atoms with Crippen LogP contribution in [-0.2, 0) is 0 Å². The summed E-state index contributed by atoms with van der Waals surface area (Å²) in [5.41, 5.74) is 0. The molecule has 0 radical (unpaired) electrons. The lowest BCUT2D eigenvalue weighted by molar-refractivity contribution is 0.583. The van der Waals surface area contributed by atoms with Gasteiger partial charge in [0, 0.05) is 6.04 Å². The van der Waals surface area contributed by atoms with E-state index in [4.69, 9.17) is 0 Å². The van der Waals surface area contributed by atoms with Crippen molar-refractivity contribution in [2.75, 3.05) is 6.54 Å². The lowest BCUT2D eigenvalue weighted by Gasteiger charge is -2.08. The molecule has 13 heavy (non-hydrogen) atoms. The Kier molecular flexibility index (Phi) is 9.56. The maximum atomic E-state index is 3.49. The molecule has 0 aromatic carbocycles. The first kappa shape index (κ1) is 12.7. The summed E-state index contributed by atoms with van der Waals surface area (Å²) in [4.78, 5) is 0. The van der Waals surface area contributed by atoms with Crippen LogP contribution in [0.2, 0.25) is 0 Å². The average Bonchev–Trinajstić information content (AvgIpc) is 2.13. The predicted octanol–water partition coefficient (Wildman–Crippen LogP) is 3.51. The van der Waals surface area contributed by atoms with Gasteiger partial charge >= 0.3 is 0 Å². The Morgan fingerprint density at radius 3 is 2.54 bits per heavy atom. The molecule has 0 fully saturated rings. The fourth-order valence-corrected chi connectivity index (χ4v) is 1.24. The molecule has 1 unspecified atom stereocenters. The largest absolute Gasteiger partial charge is 0.311 e. The third-order valence-electron chi connectivity index (χ3n) is 2.13. The zero-order chi connectivity index (χ0) is 9.94. The summed E-state index contributed by atoms with van der Waals surface area (Å²) in [5, 5.41) is 3.49. The molecule has 0 heterocycles. The van der Waals surface area contributed by atoms with Gasteiger partial charge < -0.3 is 5.32 Å². The van der Waals surface area contributed by atoms with E-state index in [9.17, 15) is 0 Å². The van der Waals surface area contributed by atoms with Crippen molar-refractivity contribution in [3.63, 3.8) is 0 Å². The normalized spacial score (nSPS) is 13.8. The molecule has 0 amide bonds. The molecule has 1 nitrogen and oxygen atoms in total. The Bertz CT molecular complexity index is 118. The quantitative estimate of drug-likeness (QED) is 0.448. The van der Waals surface area contributed by atoms with Crippen LogP contribution in [0, 0.1) is 0 Å². The SMILES string of the molecule is CCC/C=C/C(C)NCCCCC. The average molecular weight is 183 g/mol. The second kappa shape index (κ2) is 9.79. The van der Waals surface area contributed by atoms with Crippen LogP contribution >= 0.6 is 0 Å². The zero-order valence-corrected chi connectivity index (χ0v) is 9.47. The minimum Gasteiger partial charge on any atom is -0.311 e. The number of allylic oxidation sites excluding steroid dienone is 1. The molecule has 0 aromatic heterocycles. The summed E-state index contributed by atoms with van der Waals surface area (Å²) in [5.74, 6) is 0. The first-order valence-corrected chi connectivity index (χ1v) is 5.71. The summed E-state index contributed by atoms with van der Waals surface area (Å²) in [6.07, 6.45) is 11.0. The second-order valence-corrected chi connectivity index (χ2v) is 3.67. The van der Waals surface area contributed by atoms with Crippen molar-refractivity contribution in [2.24, 2.45) is 0 Å². The molecule has 0 rings (SSSR count). The molecule has 1 N–H and O–H groups in total. The van der Waals surface area contributed by atoms with E-state index in [1.807, 2.05) is 0 Å². The van der Waals surface area contributed by atoms with Gasteiger partial charge in [-0.3, -0.25) is 0 Å². The topological polar surface area (TPSA) is 12.0 Å². The monoisotopic (exact) mass is 183 g/mol. The first-order valence-electron chi connectivity index (χ1n) is 5.71. The van der Waals surface area contributed by atoms with Gasteiger partial charge in [0.1, 0.15) is 0 Å². The van der Waals surface area contributed by atoms with Crippen LogP contribution in [0.4, 0.5) is 0 Å². The molecule has 0 aliphatic rings. The summed E-state index contributed by atoms with van der Waals surface area (Å²) < 4.78 is 0. The minimum atomic E-state index is 0.545. The molecule has 1 heteroatoms. The molecule has 0 aliphatic carbocycles. The number of rotatable bonds is 8. The van der Waals surface area contributed by atoms with Gasteiger partial charge in [-0.05, 0) is 26.3 Å². The summed E-state index contributed by atoms with van der Waals surface area (Å²) in [6, 6.07) is 0.545. The van der Waals surface area contributed by atoms with E-state index < -0.39 is 0 Å². The Morgan fingerprint density at radius 2 is 1.92 bits per heavy atom. The smallest absolute Gasteiger partial charge is 0.0221 e. The molecule has 1 atom stereocenters. The van der Waals surface area contributed by atoms with E-state index in [0.717, 1.165) is 6.54 Å². The summed E-state index contributed by atoms with van der Waals surface area (Å²) >= 11 is 0. The van der Waals surface area contributed by atoms with E-state index in [1.165, 1.54) is 32.1 Å². The number of hydrogen-bond donors (Lipinski definition) is 1. The molecular formula is C12H25N. The van der Waals surface area contributed by atoms with Crippen molar-refractivity contribution in [2.45, 2.75) is 58.9 Å². The summed E-state index contributed by atoms with van der Waals surface area (Å²) in [7, 11) is 0. The highest BCUT2D eigenvalue weighted by molar-refractivity contribution is 4.90. The molecule has 0 saturated heterocycles. The van der Waals surface area contributed by atoms with Crippen molar-refractivity contribution in [3.8, 4) is 0 Å². The Morgan fingerprint density at radius 1 is 1.15 bits per heavy atom. The van der Waals surface area contributed by atoms with Crippen LogP contribution in [0.15, 0.2) is 12.2 Å². The Labute approximate surface area is 83.6 Å². The van der Waals surface area contributed by atoms with E-state index >= 15 is 0 Å². The lowest BCUT2D eigenvalue weighted by atomic mass is 10.2. The van der Waals surface area contributed by atoms with Gasteiger partial charge in [-0.15, -0.1) is 0 Å². The molecule has 78 valence electrons. The third kappa shape index (κ3) is 9.62. The molecule has 0 saturated carbocycles. The van der Waals surface area contributed by atoms with Gasteiger partial charge in [0.05, 0.1) is 0 Å². The predicted molar refractivity (Wildman–Crippen MR) is 61.0 cm³/mol. The van der Waals surface area contributed by atoms with Gasteiger partial charge in [-0.1, -0.05) is 45.3 Å². The molecule has 0 aliphatic heterocycles. The Balaban J connectivity index is 3.24. The number of nitrogens with one attached hydrogen (secondary N) is 1. The number of unbranched alkanes of at least 4 members (excludes halogenated alkanes) is 3. The van der Waals surface area contributed by atoms with Crippen molar-refractivity contribution in [3.05, 3.63) is 12.2 Å². The van der Waals surface area contributed by atoms with Crippen LogP contribution in [0.5, 0.6) is 0 Å². The fraction of sp³-hybridized carbons (Fsp3) is 0.833. The fourth-order valence-electron chi connectivity index (χ4n) is 1.24. The van der Waals surface area contributed by atoms with Gasteiger partial charge in [-0.2, -0.15) is 0 Å². The van der Waals surface area contributed by atoms with Crippen molar-refractivity contribution in [1.82, 2.24) is 5.32 Å². The van der Waals surface area contributed by atoms with Crippen LogP contribution < -0.4 is 5.32 Å². The second-order valence-electron chi connectivity index (χ2n) is 3.67. The van der Waals surface area contributed by atoms with E-state index in [2.05, 4.69) is 38.2 Å². The number of hydrogen-bond acceptors (Lipinski definition) is 1. The van der Waals surface area contributed by atoms with Crippen LogP contribution in [0.25, 0.3) is 0 Å². The van der Waals surface area contributed by atoms with E-state index in [0.29, 0.717) is 6.04 Å². The highest BCUT2D eigenvalue weighted by Gasteiger charge is 1.93. The molecule has 0 bridgehead atoms. The van der Waals surface area contributed by atoms with Gasteiger partial charge in [-0.25, -0.2) is 0 Å². The maximum absolute atomic E-state index is 3.49. The molecular weight excluding hydrogens is 158 g/mol. The highest BCUT2D eigenvalue weighted by Crippen LogP contribution is 1.94. The van der Waals surface area contributed by atoms with E-state index in [1.54, 1.807) is 0 Å². The Hall–Kier alpha value is -0.300. The van der Waals surface area contributed by atoms with Crippen LogP contribution in [0.3, 0.4) is 0 Å². The van der Waals surface area contributed by atoms with Crippen molar-refractivity contribution >= 4 is 0 Å². The first-order chi connectivity index (χ1) is 6.31. The highest BCUT2D eigenvalue weighted by atomic mass is 14.9. The summed E-state index contributed by atoms with van der Waals surface area (Å²) in [6.45, 7) is 7.83. The lowest BCUT2D eigenvalue weighted by Crippen LogP contribution is -2.24. The molecule has 0 aromatic rings. The van der Waals surface area contributed by atoms with E-state index in [-0.39, 0.29) is 0 Å². The van der Waals surface area contributed by atoms with Gasteiger partial charge in [0.15, 0.2) is 0 Å². The van der Waals surface area contributed by atoms with Crippen molar-refractivity contribution < 1.29 is 0 Å².